The summed E-state index contributed by atoms with van der Waals surface area (Å²) >= 11 is 0. The standard InChI is InChI=1S/C35H31N3O7/c1-20-17-23(34(41)44-38-28(39)13-14-29(38)40)18-21(2)30(20)31-24-10-6-5-9-22(24)19-27-33(31)32(25-11-7-8-12-26(25)36-27)35(42)45-43-16-15-37(3)4/h5-12,17-19H,13-16H2,1-4H3. The number of nitrogens with zero attached hydrogens (tertiary/aromatic N) is 3. The number of fused-ring (bicyclic) bond motifs is 3. The number of aromatic nitrogens is 1. The molecule has 228 valence electrons. The van der Waals surface area contributed by atoms with Crippen molar-refractivity contribution in [2.45, 2.75) is 26.7 Å². The Balaban J connectivity index is 1.56. The number of amides is 2. The molecular weight excluding hydrogens is 574 g/mol. The number of likely N-dealkylation sites (N-methyl/N-ethyl adjacent to an activating group) is 1. The van der Waals surface area contributed by atoms with Gasteiger partial charge in [-0.3, -0.25) is 14.5 Å². The van der Waals surface area contributed by atoms with E-state index >= 15 is 0 Å². The second-order valence-corrected chi connectivity index (χ2v) is 11.3. The van der Waals surface area contributed by atoms with E-state index in [-0.39, 0.29) is 25.0 Å². The molecular formula is C35H31N3O7. The topological polar surface area (TPSA) is 115 Å². The van der Waals surface area contributed by atoms with Crippen LogP contribution in [0.15, 0.2) is 66.7 Å². The van der Waals surface area contributed by atoms with Gasteiger partial charge >= 0.3 is 11.9 Å². The van der Waals surface area contributed by atoms with Crippen LogP contribution in [-0.2, 0) is 24.2 Å². The van der Waals surface area contributed by atoms with E-state index < -0.39 is 23.8 Å². The molecule has 6 rings (SSSR count). The number of carbonyl (C=O) groups excluding carboxylic acids is 4. The first-order valence-corrected chi connectivity index (χ1v) is 14.6. The summed E-state index contributed by atoms with van der Waals surface area (Å²) < 4.78 is 0. The van der Waals surface area contributed by atoms with Crippen LogP contribution in [0.4, 0.5) is 0 Å². The van der Waals surface area contributed by atoms with Gasteiger partial charge in [-0.1, -0.05) is 42.5 Å². The molecule has 0 atom stereocenters. The van der Waals surface area contributed by atoms with E-state index in [1.807, 2.05) is 87.4 Å². The largest absolute Gasteiger partial charge is 0.374 e. The molecule has 0 spiro atoms. The van der Waals surface area contributed by atoms with Gasteiger partial charge < -0.3 is 9.74 Å². The fraction of sp³-hybridized carbons (Fsp3) is 0.229. The lowest BCUT2D eigenvalue weighted by Crippen LogP contribution is -2.32. The molecule has 5 aromatic rings. The monoisotopic (exact) mass is 605 g/mol. The molecule has 1 aliphatic heterocycles. The summed E-state index contributed by atoms with van der Waals surface area (Å²) in [4.78, 5) is 73.8. The van der Waals surface area contributed by atoms with Crippen molar-refractivity contribution in [3.8, 4) is 11.1 Å². The fourth-order valence-corrected chi connectivity index (χ4v) is 5.82. The maximum atomic E-state index is 13.9. The molecule has 4 aromatic carbocycles. The van der Waals surface area contributed by atoms with Crippen molar-refractivity contribution in [2.24, 2.45) is 0 Å². The molecule has 1 saturated heterocycles. The minimum absolute atomic E-state index is 0.00540. The Morgan fingerprint density at radius 3 is 2.16 bits per heavy atom. The third-order valence-corrected chi connectivity index (χ3v) is 7.85. The van der Waals surface area contributed by atoms with Crippen LogP contribution in [0.1, 0.15) is 44.7 Å². The number of aryl methyl sites for hydroxylation is 2. The molecule has 45 heavy (non-hydrogen) atoms. The quantitative estimate of drug-likeness (QED) is 0.0723. The Labute approximate surface area is 259 Å². The number of para-hydroxylation sites is 1. The number of hydrogen-bond donors (Lipinski definition) is 0. The number of hydrogen-bond acceptors (Lipinski definition) is 9. The highest BCUT2D eigenvalue weighted by Gasteiger charge is 2.33. The molecule has 1 aliphatic rings. The smallest absolute Gasteiger partial charge is 0.325 e. The second kappa shape index (κ2) is 12.1. The number of carbonyl (C=O) groups is 4. The van der Waals surface area contributed by atoms with Crippen molar-refractivity contribution in [1.29, 1.82) is 0 Å². The zero-order chi connectivity index (χ0) is 31.8. The van der Waals surface area contributed by atoms with Gasteiger partial charge in [0.2, 0.25) is 0 Å². The number of hydroxylamine groups is 2. The molecule has 0 saturated carbocycles. The van der Waals surface area contributed by atoms with Crippen LogP contribution in [0, 0.1) is 13.8 Å². The molecule has 10 heteroatoms. The van der Waals surface area contributed by atoms with E-state index in [4.69, 9.17) is 19.6 Å². The summed E-state index contributed by atoms with van der Waals surface area (Å²) in [6.07, 6.45) is 0.0108. The van der Waals surface area contributed by atoms with Crippen LogP contribution >= 0.6 is 0 Å². The Morgan fingerprint density at radius 1 is 0.822 bits per heavy atom. The number of pyridine rings is 1. The molecule has 1 fully saturated rings. The summed E-state index contributed by atoms with van der Waals surface area (Å²) in [5.74, 6) is -2.56. The minimum Gasteiger partial charge on any atom is -0.325 e. The lowest BCUT2D eigenvalue weighted by atomic mass is 9.85. The molecule has 0 unspecified atom stereocenters. The molecule has 1 aromatic heterocycles. The van der Waals surface area contributed by atoms with Gasteiger partial charge in [-0.25, -0.2) is 14.6 Å². The van der Waals surface area contributed by atoms with Gasteiger partial charge in [-0.15, -0.1) is 5.06 Å². The van der Waals surface area contributed by atoms with Crippen molar-refractivity contribution in [3.63, 3.8) is 0 Å². The van der Waals surface area contributed by atoms with E-state index in [1.54, 1.807) is 12.1 Å². The van der Waals surface area contributed by atoms with Gasteiger partial charge in [0.1, 0.15) is 6.61 Å². The van der Waals surface area contributed by atoms with E-state index in [1.165, 1.54) is 0 Å². The predicted octanol–water partition coefficient (Wildman–Crippen LogP) is 5.70. The van der Waals surface area contributed by atoms with Crippen molar-refractivity contribution in [1.82, 2.24) is 14.9 Å². The van der Waals surface area contributed by atoms with Gasteiger partial charge in [0.05, 0.1) is 22.2 Å². The van der Waals surface area contributed by atoms with Crippen molar-refractivity contribution in [3.05, 3.63) is 89.0 Å². The van der Waals surface area contributed by atoms with Crippen molar-refractivity contribution < 1.29 is 33.8 Å². The predicted molar refractivity (Wildman–Crippen MR) is 168 cm³/mol. The maximum absolute atomic E-state index is 13.9. The lowest BCUT2D eigenvalue weighted by molar-refractivity contribution is -0.241. The molecule has 2 amide bonds. The first-order valence-electron chi connectivity index (χ1n) is 14.6. The minimum atomic E-state index is -0.814. The second-order valence-electron chi connectivity index (χ2n) is 11.3. The normalized spacial score (nSPS) is 13.4. The molecule has 0 aliphatic carbocycles. The number of rotatable bonds is 8. The zero-order valence-corrected chi connectivity index (χ0v) is 25.4. The van der Waals surface area contributed by atoms with Gasteiger partial charge in [0.25, 0.3) is 11.8 Å². The van der Waals surface area contributed by atoms with Gasteiger partial charge in [0, 0.05) is 35.7 Å². The molecule has 0 N–H and O–H groups in total. The fourth-order valence-electron chi connectivity index (χ4n) is 5.82. The summed E-state index contributed by atoms with van der Waals surface area (Å²) in [5.41, 5.74) is 4.70. The first kappa shape index (κ1) is 29.9. The van der Waals surface area contributed by atoms with Crippen LogP contribution in [0.25, 0.3) is 43.7 Å². The van der Waals surface area contributed by atoms with Crippen molar-refractivity contribution in [2.75, 3.05) is 27.2 Å². The third kappa shape index (κ3) is 5.61. The highest BCUT2D eigenvalue weighted by Crippen LogP contribution is 2.43. The molecule has 2 heterocycles. The summed E-state index contributed by atoms with van der Waals surface area (Å²) in [7, 11) is 3.79. The number of benzene rings is 4. The molecule has 0 radical (unpaired) electrons. The zero-order valence-electron chi connectivity index (χ0n) is 25.4. The summed E-state index contributed by atoms with van der Waals surface area (Å²) in [6, 6.07) is 20.5. The Kier molecular flexibility index (Phi) is 8.01. The van der Waals surface area contributed by atoms with Crippen LogP contribution in [-0.4, -0.2) is 65.9 Å². The van der Waals surface area contributed by atoms with Gasteiger partial charge in [0.15, 0.2) is 0 Å². The van der Waals surface area contributed by atoms with Crippen LogP contribution < -0.4 is 0 Å². The van der Waals surface area contributed by atoms with E-state index in [0.717, 1.165) is 21.9 Å². The van der Waals surface area contributed by atoms with Crippen LogP contribution in [0.5, 0.6) is 0 Å². The maximum Gasteiger partial charge on any atom is 0.374 e. The van der Waals surface area contributed by atoms with E-state index in [9.17, 15) is 19.2 Å². The SMILES string of the molecule is Cc1cc(C(=O)ON2C(=O)CCC2=O)cc(C)c1-c1c2ccccc2cc2nc3ccccc3c(C(=O)OOCCN(C)C)c12. The van der Waals surface area contributed by atoms with E-state index in [0.29, 0.717) is 50.1 Å². The summed E-state index contributed by atoms with van der Waals surface area (Å²) in [6.45, 7) is 4.47. The van der Waals surface area contributed by atoms with Gasteiger partial charge in [-0.05, 0) is 79.7 Å². The first-order chi connectivity index (χ1) is 21.6. The van der Waals surface area contributed by atoms with E-state index in [2.05, 4.69) is 0 Å². The molecule has 0 bridgehead atoms. The van der Waals surface area contributed by atoms with Crippen LogP contribution in [0.3, 0.4) is 0 Å². The van der Waals surface area contributed by atoms with Crippen molar-refractivity contribution >= 4 is 56.3 Å². The lowest BCUT2D eigenvalue weighted by Gasteiger charge is -2.20. The average molecular weight is 606 g/mol. The Morgan fingerprint density at radius 2 is 1.47 bits per heavy atom. The average Bonchev–Trinajstić information content (AvgIpc) is 3.33. The van der Waals surface area contributed by atoms with Crippen LogP contribution in [0.2, 0.25) is 0 Å². The molecule has 10 nitrogen and oxygen atoms in total. The Hall–Kier alpha value is -5.19. The highest BCUT2D eigenvalue weighted by molar-refractivity contribution is 6.23. The number of imide groups is 1. The third-order valence-electron chi connectivity index (χ3n) is 7.85. The summed E-state index contributed by atoms with van der Waals surface area (Å²) in [5, 5.41) is 3.52. The van der Waals surface area contributed by atoms with Gasteiger partial charge in [-0.2, -0.15) is 4.89 Å². The Bertz CT molecular complexity index is 1990. The highest BCUT2D eigenvalue weighted by atomic mass is 17.2.